The van der Waals surface area contributed by atoms with Crippen molar-refractivity contribution < 1.29 is 0 Å². The molecule has 0 aliphatic rings. The van der Waals surface area contributed by atoms with Crippen LogP contribution in [-0.4, -0.2) is 0 Å². The Balaban J connectivity index is 6.16. The SMILES string of the molecule is S=S=S=S=S=S=S=S=S=S=S=S=S=S=S=S=S=S=S=S=S=S=S=S=S=S=S=S=S=S=S=S=S=S=S=S=S=S=S=S=S=S=S=S=S=S=S=S=S=S=S=S=S=S=S=S=S=S=S=S=S=S=S=S=S=S=S=S=S=S=S=S=S=S=S=S=S=S=S=S=S=S=S=S=S=S. The average molecular weight is 2760 g/mol. The van der Waals surface area contributed by atoms with Crippen LogP contribution < -0.4 is 0 Å². The Bertz CT molecular complexity index is 6250. The van der Waals surface area contributed by atoms with E-state index in [-0.39, 0.29) is 0 Å². The summed E-state index contributed by atoms with van der Waals surface area (Å²) in [5.74, 6) is 0. The van der Waals surface area contributed by atoms with Gasteiger partial charge in [-0.15, -0.1) is 0 Å². The van der Waals surface area contributed by atoms with E-state index in [9.17, 15) is 0 Å². The Kier molecular flexibility index (Phi) is 127. The van der Waals surface area contributed by atoms with Gasteiger partial charge in [0.2, 0.25) is 0 Å². The molecule has 0 rings (SSSR count). The lowest BCUT2D eigenvalue weighted by molar-refractivity contribution is 5.95. The van der Waals surface area contributed by atoms with E-state index >= 15 is 0 Å². The summed E-state index contributed by atoms with van der Waals surface area (Å²) < 4.78 is 0. The van der Waals surface area contributed by atoms with Crippen LogP contribution in [0.2, 0.25) is 0 Å². The van der Waals surface area contributed by atoms with E-state index in [1.54, 1.807) is 107 Å². The quantitative estimate of drug-likeness (QED) is 0.330. The lowest BCUT2D eigenvalue weighted by atomic mass is 30.7. The third-order valence-electron chi connectivity index (χ3n) is 2.31. The van der Waals surface area contributed by atoms with Gasteiger partial charge in [0.1, 0.15) is 0 Å². The monoisotopic (exact) mass is 2750 g/mol. The van der Waals surface area contributed by atoms with E-state index in [1.165, 1.54) is 17.8 Å². The molecule has 0 unspecified atom stereocenters. The van der Waals surface area contributed by atoms with Gasteiger partial charge in [-0.1, -0.05) is 0 Å². The zero-order valence-electron chi connectivity index (χ0n) is 35.1. The first-order valence-electron chi connectivity index (χ1n) is 14.2. The second-order valence-electron chi connectivity index (χ2n) is 5.72. The third kappa shape index (κ3) is 103. The standard InChI is InChI=1S/S86/c1-3-5-7-9-11-13-15-17-19-21-23-25-27-29-31-33-35-37-39-41-43-45-47-49-51-53-55-57-59-61-63-65-67-69-71-73-75-77-79-81-83-85-86-84-82-80-78-76-74-72-70-68-66-64-62-60-58-56-54-52-50-48-46-44-42-40-38-36-34-32-30-28-26-24-22-20-18-16-14-12-10-8-6-4-2. The summed E-state index contributed by atoms with van der Waals surface area (Å²) in [6.07, 6.45) is 0. The Labute approximate surface area is 744 Å². The first kappa shape index (κ1) is 105. The molecule has 0 amide bonds. The molecule has 0 aromatic carbocycles. The summed E-state index contributed by atoms with van der Waals surface area (Å²) in [5, 5.41) is 0. The van der Waals surface area contributed by atoms with Gasteiger partial charge in [0.25, 0.3) is 0 Å². The van der Waals surface area contributed by atoms with Crippen LogP contribution >= 0.6 is 0 Å². The predicted octanol–water partition coefficient (Wildman–Crippen LogP) is -0.206. The maximum Gasteiger partial charge on any atom is 0 e. The maximum absolute atomic E-state index is 4.83. The van der Waals surface area contributed by atoms with Crippen LogP contribution in [0.25, 0.3) is 0 Å². The molecule has 0 N–H and O–H groups in total. The van der Waals surface area contributed by atoms with Crippen LogP contribution in [0.5, 0.6) is 0 Å². The topological polar surface area (TPSA) is 0 Å². The van der Waals surface area contributed by atoms with Crippen molar-refractivity contribution in [2.75, 3.05) is 0 Å². The summed E-state index contributed by atoms with van der Waals surface area (Å²) in [4.78, 5) is 0. The molecule has 0 aromatic rings. The van der Waals surface area contributed by atoms with Gasteiger partial charge in [-0.3, -0.25) is 0 Å². The van der Waals surface area contributed by atoms with Gasteiger partial charge >= 0.3 is 0 Å². The van der Waals surface area contributed by atoms with Crippen molar-refractivity contribution in [3.8, 4) is 0 Å². The molecule has 0 saturated heterocycles. The van der Waals surface area contributed by atoms with Gasteiger partial charge in [0.05, 0.1) is 0 Å². The molecule has 0 aliphatic carbocycles. The van der Waals surface area contributed by atoms with Gasteiger partial charge in [0.15, 0.2) is 0 Å². The van der Waals surface area contributed by atoms with Gasteiger partial charge in [-0.05, 0) is 0 Å². The van der Waals surface area contributed by atoms with Gasteiger partial charge in [-0.25, -0.2) is 0 Å². The molecule has 86 heteroatoms. The number of hydrogen-bond acceptors (Lipinski definition) is 2. The van der Waals surface area contributed by atoms with Crippen LogP contribution in [0, 0.1) is 0 Å². The van der Waals surface area contributed by atoms with Crippen molar-refractivity contribution in [1.82, 2.24) is 0 Å². The summed E-state index contributed by atoms with van der Waals surface area (Å²) in [6.45, 7) is 0. The summed E-state index contributed by atoms with van der Waals surface area (Å²) in [7, 11) is 152. The van der Waals surface area contributed by atoms with E-state index in [1.807, 2.05) is 622 Å². The van der Waals surface area contributed by atoms with Crippen molar-refractivity contribution in [3.05, 3.63) is 0 Å². The highest BCUT2D eigenvalue weighted by molar-refractivity contribution is 8.86. The average Bonchev–Trinajstić information content (AvgIpc) is 3.52. The maximum atomic E-state index is 4.83. The van der Waals surface area contributed by atoms with Gasteiger partial charge in [-0.2, -0.15) is 0 Å². The van der Waals surface area contributed by atoms with Crippen molar-refractivity contribution in [2.45, 2.75) is 0 Å². The minimum absolute atomic E-state index is 1.37. The van der Waals surface area contributed by atoms with E-state index in [0.29, 0.717) is 0 Å². The molecule has 0 aliphatic heterocycles. The molecule has 0 fully saturated rings. The van der Waals surface area contributed by atoms with E-state index in [4.69, 9.17) is 22.4 Å². The highest BCUT2D eigenvalue weighted by atomic mass is 33.6. The zero-order chi connectivity index (χ0) is 61.4. The van der Waals surface area contributed by atoms with Crippen LogP contribution in [0.1, 0.15) is 0 Å². The Morgan fingerprint density at radius 3 is 0.128 bits per heavy atom. The molecular formula is S86. The normalized spacial score (nSPS) is 7.86. The number of hydrogen-bond donors (Lipinski definition) is 0. The van der Waals surface area contributed by atoms with E-state index in [2.05, 4.69) is 0 Å². The van der Waals surface area contributed by atoms with Crippen LogP contribution in [-0.2, 0) is 768 Å². The van der Waals surface area contributed by atoms with E-state index in [0.717, 1.165) is 0 Å². The van der Waals surface area contributed by atoms with Crippen molar-refractivity contribution in [2.24, 2.45) is 0 Å². The zero-order valence-corrected chi connectivity index (χ0v) is 105. The van der Waals surface area contributed by atoms with Crippen LogP contribution in [0.3, 0.4) is 0 Å². The lowest BCUT2D eigenvalue weighted by Gasteiger charge is -1.41. The fraction of sp³-hybridized carbons (Fsp3) is 0. The fourth-order valence-corrected chi connectivity index (χ4v) is 226. The minimum Gasteiger partial charge on any atom is 0 e. The Hall–Kier alpha value is 18.9. The van der Waals surface area contributed by atoms with Gasteiger partial charge < -0.3 is 0 Å². The van der Waals surface area contributed by atoms with E-state index < -0.39 is 0 Å². The first-order valence-corrected chi connectivity index (χ1v) is 127. The molecule has 0 heterocycles. The largest absolute Gasteiger partial charge is 0 e. The van der Waals surface area contributed by atoms with Crippen LogP contribution in [0.4, 0.5) is 0 Å². The third-order valence-corrected chi connectivity index (χ3v) is 187. The number of rotatable bonds is 0. The molecule has 0 nitrogen and oxygen atoms in total. The van der Waals surface area contributed by atoms with Gasteiger partial charge in [0, 0.05) is 768 Å². The highest BCUT2D eigenvalue weighted by Gasteiger charge is 1.49. The fourth-order valence-electron chi connectivity index (χ4n) is 0.930. The Morgan fingerprint density at radius 1 is 0.0581 bits per heavy atom. The highest BCUT2D eigenvalue weighted by Crippen LogP contribution is 1.49. The molecule has 0 spiro atoms. The molecule has 86 heavy (non-hydrogen) atoms. The molecule has 0 aromatic heterocycles. The van der Waals surface area contributed by atoms with Crippen molar-refractivity contribution >= 4 is 768 Å². The summed E-state index contributed by atoms with van der Waals surface area (Å²) in [5.41, 5.74) is 0. The second-order valence-corrected chi connectivity index (χ2v) is 154. The van der Waals surface area contributed by atoms with Crippen molar-refractivity contribution in [1.29, 1.82) is 0 Å². The molecular weight excluding hydrogens is 2760 g/mol. The molecule has 0 atom stereocenters. The lowest BCUT2D eigenvalue weighted by Crippen LogP contribution is -1.41. The Morgan fingerprint density at radius 2 is 0.0930 bits per heavy atom. The van der Waals surface area contributed by atoms with Crippen molar-refractivity contribution in [3.63, 3.8) is 0 Å². The predicted molar refractivity (Wildman–Crippen MR) is 633 cm³/mol. The molecule has 0 radical (unpaired) electrons. The first-order chi connectivity index (χ1) is 42.9. The molecule has 0 bridgehead atoms. The minimum atomic E-state index is 1.37. The molecule has 0 saturated carbocycles. The summed E-state index contributed by atoms with van der Waals surface area (Å²) in [6, 6.07) is 0. The smallest absolute Gasteiger partial charge is 0 e. The second kappa shape index (κ2) is 104. The summed E-state index contributed by atoms with van der Waals surface area (Å²) >= 11 is 9.66. The molecule has 516 valence electrons. The van der Waals surface area contributed by atoms with Crippen LogP contribution in [0.15, 0.2) is 0 Å².